The first-order valence-corrected chi connectivity index (χ1v) is 8.67. The van der Waals surface area contributed by atoms with Gasteiger partial charge in [0.2, 0.25) is 0 Å². The van der Waals surface area contributed by atoms with Crippen LogP contribution in [0.1, 0.15) is 10.4 Å². The van der Waals surface area contributed by atoms with E-state index in [1.54, 1.807) is 24.3 Å². The topological polar surface area (TPSA) is 139 Å². The summed E-state index contributed by atoms with van der Waals surface area (Å²) in [6.07, 6.45) is 0. The van der Waals surface area contributed by atoms with Crippen LogP contribution in [0.3, 0.4) is 0 Å². The van der Waals surface area contributed by atoms with Crippen molar-refractivity contribution in [3.05, 3.63) is 60.2 Å². The molecule has 0 fully saturated rings. The summed E-state index contributed by atoms with van der Waals surface area (Å²) in [5.41, 5.74) is -0.319. The number of azo groups is 1. The molecular formula is C17H11N2O6S-. The minimum atomic E-state index is -4.32. The Morgan fingerprint density at radius 1 is 1.00 bits per heavy atom. The lowest BCUT2D eigenvalue weighted by Crippen LogP contribution is -2.04. The van der Waals surface area contributed by atoms with Gasteiger partial charge in [0.05, 0.1) is 21.8 Å². The first-order valence-electron chi connectivity index (χ1n) is 7.23. The summed E-state index contributed by atoms with van der Waals surface area (Å²) >= 11 is 0. The van der Waals surface area contributed by atoms with Gasteiger partial charge >= 0.3 is 5.97 Å². The molecule has 0 bridgehead atoms. The summed E-state index contributed by atoms with van der Waals surface area (Å²) in [4.78, 5) is 11.0. The summed E-state index contributed by atoms with van der Waals surface area (Å²) < 4.78 is 31.0. The summed E-state index contributed by atoms with van der Waals surface area (Å²) in [5, 5.41) is 30.3. The molecule has 0 saturated carbocycles. The highest BCUT2D eigenvalue weighted by Gasteiger charge is 2.12. The molecule has 2 N–H and O–H groups in total. The molecule has 8 nitrogen and oxygen atoms in total. The minimum absolute atomic E-state index is 0.126. The predicted octanol–water partition coefficient (Wildman–Crippen LogP) is 3.27. The van der Waals surface area contributed by atoms with E-state index in [4.69, 9.17) is 4.55 Å². The van der Waals surface area contributed by atoms with Gasteiger partial charge in [-0.3, -0.25) is 4.55 Å². The largest absolute Gasteiger partial charge is 0.870 e. The molecule has 0 heterocycles. The molecule has 132 valence electrons. The molecule has 0 aliphatic carbocycles. The minimum Gasteiger partial charge on any atom is -0.870 e. The van der Waals surface area contributed by atoms with E-state index in [-0.39, 0.29) is 16.3 Å². The average molecular weight is 371 g/mol. The Balaban J connectivity index is 2.09. The number of nitrogens with zero attached hydrogens (tertiary/aromatic N) is 2. The van der Waals surface area contributed by atoms with Gasteiger partial charge < -0.3 is 10.2 Å². The third-order valence-electron chi connectivity index (χ3n) is 3.61. The summed E-state index contributed by atoms with van der Waals surface area (Å²) in [6, 6.07) is 12.8. The van der Waals surface area contributed by atoms with Crippen LogP contribution < -0.4 is 5.11 Å². The second-order valence-corrected chi connectivity index (χ2v) is 6.72. The Hall–Kier alpha value is -3.30. The van der Waals surface area contributed by atoms with E-state index < -0.39 is 27.4 Å². The number of rotatable bonds is 4. The maximum Gasteiger partial charge on any atom is 0.335 e. The zero-order valence-electron chi connectivity index (χ0n) is 13.0. The van der Waals surface area contributed by atoms with Crippen molar-refractivity contribution < 1.29 is 28.0 Å². The third-order valence-corrected chi connectivity index (χ3v) is 4.47. The zero-order valence-corrected chi connectivity index (χ0v) is 13.8. The van der Waals surface area contributed by atoms with Crippen molar-refractivity contribution in [2.45, 2.75) is 4.90 Å². The van der Waals surface area contributed by atoms with Crippen molar-refractivity contribution in [1.29, 1.82) is 0 Å². The molecule has 0 aliphatic rings. The number of carbonyl (C=O) groups is 1. The lowest BCUT2D eigenvalue weighted by molar-refractivity contribution is -0.267. The molecule has 0 saturated heterocycles. The quantitative estimate of drug-likeness (QED) is 0.533. The third kappa shape index (κ3) is 3.39. The van der Waals surface area contributed by atoms with E-state index in [0.29, 0.717) is 10.8 Å². The normalized spacial score (nSPS) is 11.9. The van der Waals surface area contributed by atoms with Gasteiger partial charge in [0.1, 0.15) is 0 Å². The van der Waals surface area contributed by atoms with Crippen molar-refractivity contribution >= 4 is 38.2 Å². The smallest absolute Gasteiger partial charge is 0.335 e. The van der Waals surface area contributed by atoms with E-state index >= 15 is 0 Å². The van der Waals surface area contributed by atoms with Gasteiger partial charge in [-0.25, -0.2) is 4.79 Å². The van der Waals surface area contributed by atoms with E-state index in [0.717, 1.165) is 12.1 Å². The van der Waals surface area contributed by atoms with E-state index in [9.17, 15) is 23.4 Å². The zero-order chi connectivity index (χ0) is 18.9. The fourth-order valence-corrected chi connectivity index (χ4v) is 2.84. The highest BCUT2D eigenvalue weighted by molar-refractivity contribution is 7.85. The van der Waals surface area contributed by atoms with Gasteiger partial charge in [0.15, 0.2) is 0 Å². The fraction of sp³-hybridized carbons (Fsp3) is 0. The van der Waals surface area contributed by atoms with Gasteiger partial charge in [-0.05, 0) is 35.7 Å². The highest BCUT2D eigenvalue weighted by Crippen LogP contribution is 2.37. The molecule has 0 aliphatic heterocycles. The summed E-state index contributed by atoms with van der Waals surface area (Å²) in [6.45, 7) is 0. The molecule has 3 rings (SSSR count). The molecule has 0 radical (unpaired) electrons. The number of fused-ring (bicyclic) bond motifs is 1. The predicted molar refractivity (Wildman–Crippen MR) is 90.8 cm³/mol. The van der Waals surface area contributed by atoms with E-state index in [1.165, 1.54) is 18.2 Å². The molecule has 26 heavy (non-hydrogen) atoms. The van der Waals surface area contributed by atoms with Crippen LogP contribution in [-0.2, 0) is 10.1 Å². The maximum atomic E-state index is 12.4. The molecule has 0 atom stereocenters. The molecule has 0 amide bonds. The second-order valence-electron chi connectivity index (χ2n) is 5.30. The van der Waals surface area contributed by atoms with Crippen LogP contribution in [0, 0.1) is 0 Å². The van der Waals surface area contributed by atoms with Crippen LogP contribution in [-0.4, -0.2) is 24.0 Å². The number of benzene rings is 3. The van der Waals surface area contributed by atoms with Gasteiger partial charge in [-0.15, -0.1) is 0 Å². The number of carboxylic acid groups (broad SMARTS) is 1. The lowest BCUT2D eigenvalue weighted by Gasteiger charge is -2.15. The molecule has 9 heteroatoms. The lowest BCUT2D eigenvalue weighted by atomic mass is 10.0. The van der Waals surface area contributed by atoms with Crippen molar-refractivity contribution in [3.63, 3.8) is 0 Å². The molecule has 0 unspecified atom stereocenters. The Morgan fingerprint density at radius 3 is 2.27 bits per heavy atom. The molecule has 0 aromatic heterocycles. The SMILES string of the molecule is O=C(O)c1cc2ccccc2c(N=Nc2ccc(S(=O)(=O)O)cc2)c1[O-]. The summed E-state index contributed by atoms with van der Waals surface area (Å²) in [7, 11) is -4.32. The molecule has 3 aromatic carbocycles. The number of carboxylic acids is 1. The number of hydrogen-bond donors (Lipinski definition) is 2. The fourth-order valence-electron chi connectivity index (χ4n) is 2.36. The van der Waals surface area contributed by atoms with Crippen LogP contribution in [0.5, 0.6) is 5.75 Å². The first kappa shape index (κ1) is 17.5. The van der Waals surface area contributed by atoms with Crippen LogP contribution in [0.4, 0.5) is 11.4 Å². The summed E-state index contributed by atoms with van der Waals surface area (Å²) in [5.74, 6) is -2.13. The van der Waals surface area contributed by atoms with Crippen LogP contribution in [0.25, 0.3) is 10.8 Å². The van der Waals surface area contributed by atoms with Crippen LogP contribution >= 0.6 is 0 Å². The first-order chi connectivity index (χ1) is 12.3. The monoisotopic (exact) mass is 371 g/mol. The molecule has 3 aromatic rings. The highest BCUT2D eigenvalue weighted by atomic mass is 32.2. The van der Waals surface area contributed by atoms with Gasteiger partial charge in [0, 0.05) is 5.39 Å². The Kier molecular flexibility index (Phi) is 4.41. The van der Waals surface area contributed by atoms with Crippen molar-refractivity contribution in [1.82, 2.24) is 0 Å². The van der Waals surface area contributed by atoms with Gasteiger partial charge in [-0.2, -0.15) is 18.6 Å². The van der Waals surface area contributed by atoms with Crippen LogP contribution in [0.15, 0.2) is 69.7 Å². The van der Waals surface area contributed by atoms with Crippen molar-refractivity contribution in [2.24, 2.45) is 10.2 Å². The Bertz CT molecular complexity index is 1140. The number of hydrogen-bond acceptors (Lipinski definition) is 6. The Morgan fingerprint density at radius 2 is 1.65 bits per heavy atom. The van der Waals surface area contributed by atoms with Gasteiger partial charge in [-0.1, -0.05) is 30.0 Å². The standard InChI is InChI=1S/C17H12N2O6S/c20-16-14(17(21)22)9-10-3-1-2-4-13(10)15(16)19-18-11-5-7-12(8-6-11)26(23,24)25/h1-9,20H,(H,21,22)(H,23,24,25)/p-1. The van der Waals surface area contributed by atoms with Gasteiger partial charge in [0.25, 0.3) is 10.1 Å². The number of aromatic carboxylic acids is 1. The second kappa shape index (κ2) is 6.54. The molecular weight excluding hydrogens is 360 g/mol. The van der Waals surface area contributed by atoms with Crippen molar-refractivity contribution in [3.8, 4) is 5.75 Å². The van der Waals surface area contributed by atoms with E-state index in [1.807, 2.05) is 0 Å². The average Bonchev–Trinajstić information content (AvgIpc) is 2.60. The Labute approximate surface area is 147 Å². The van der Waals surface area contributed by atoms with Crippen molar-refractivity contribution in [2.75, 3.05) is 0 Å². The van der Waals surface area contributed by atoms with E-state index in [2.05, 4.69) is 10.2 Å². The molecule has 0 spiro atoms. The van der Waals surface area contributed by atoms with Crippen LogP contribution in [0.2, 0.25) is 0 Å². The maximum absolute atomic E-state index is 12.4.